The van der Waals surface area contributed by atoms with Crippen LogP contribution in [0, 0.1) is 0 Å². The Morgan fingerprint density at radius 2 is 1.24 bits per heavy atom. The summed E-state index contributed by atoms with van der Waals surface area (Å²) in [6, 6.07) is 12.5. The summed E-state index contributed by atoms with van der Waals surface area (Å²) in [6.45, 7) is 12.8. The third kappa shape index (κ3) is 5.20. The zero-order valence-electron chi connectivity index (χ0n) is 20.6. The molecule has 0 aromatic heterocycles. The van der Waals surface area contributed by atoms with Crippen LogP contribution >= 0.6 is 0 Å². The molecule has 0 aliphatic carbocycles. The Kier molecular flexibility index (Phi) is 7.76. The van der Waals surface area contributed by atoms with Crippen molar-refractivity contribution in [3.05, 3.63) is 59.2 Å². The molecule has 1 aliphatic heterocycles. The second kappa shape index (κ2) is 9.88. The first-order chi connectivity index (χ1) is 15.4. The molecule has 182 valence electrons. The smallest absolute Gasteiger partial charge is 0.223 e. The van der Waals surface area contributed by atoms with Crippen LogP contribution in [0.25, 0.3) is 0 Å². The minimum Gasteiger partial charge on any atom is -0.223 e. The molecule has 7 heteroatoms. The summed E-state index contributed by atoms with van der Waals surface area (Å²) in [6.07, 6.45) is 0.600. The Morgan fingerprint density at radius 3 is 1.67 bits per heavy atom. The molecule has 0 N–H and O–H groups in total. The van der Waals surface area contributed by atoms with Gasteiger partial charge in [-0.1, -0.05) is 71.9 Å². The number of rotatable bonds is 7. The van der Waals surface area contributed by atoms with Crippen molar-refractivity contribution in [1.29, 1.82) is 0 Å². The van der Waals surface area contributed by atoms with E-state index in [4.69, 9.17) is 0 Å². The number of nitrogens with zero attached hydrogens (tertiary/aromatic N) is 1. The molecule has 1 fully saturated rings. The van der Waals surface area contributed by atoms with Crippen molar-refractivity contribution in [2.75, 3.05) is 13.1 Å². The van der Waals surface area contributed by atoms with Crippen LogP contribution in [0.5, 0.6) is 0 Å². The second-order valence-electron chi connectivity index (χ2n) is 9.95. The lowest BCUT2D eigenvalue weighted by molar-refractivity contribution is 0.345. The largest absolute Gasteiger partial charge is 0.243 e. The fourth-order valence-corrected chi connectivity index (χ4v) is 8.39. The third-order valence-corrected chi connectivity index (χ3v) is 10.9. The van der Waals surface area contributed by atoms with E-state index in [9.17, 15) is 16.8 Å². The minimum absolute atomic E-state index is 0.0574. The van der Waals surface area contributed by atoms with Gasteiger partial charge in [-0.05, 0) is 59.4 Å². The maximum atomic E-state index is 13.9. The Hall–Kier alpha value is -1.70. The highest BCUT2D eigenvalue weighted by Gasteiger charge is 2.38. The molecule has 0 atom stereocenters. The zero-order chi connectivity index (χ0) is 24.6. The van der Waals surface area contributed by atoms with E-state index in [1.54, 1.807) is 30.3 Å². The SMILES string of the molecule is CC(C)c1cc(C(C)C)c(S(=O)(=O)N2CCC(S(=O)(=O)c3ccccc3)CC2)c(C(C)C)c1. The molecule has 0 bridgehead atoms. The minimum atomic E-state index is -3.75. The van der Waals surface area contributed by atoms with Crippen LogP contribution < -0.4 is 0 Å². The van der Waals surface area contributed by atoms with E-state index in [2.05, 4.69) is 13.8 Å². The van der Waals surface area contributed by atoms with Gasteiger partial charge < -0.3 is 0 Å². The topological polar surface area (TPSA) is 71.5 Å². The lowest BCUT2D eigenvalue weighted by atomic mass is 9.89. The molecule has 33 heavy (non-hydrogen) atoms. The first-order valence-corrected chi connectivity index (χ1v) is 14.8. The average Bonchev–Trinajstić information content (AvgIpc) is 2.78. The molecule has 1 aliphatic rings. The van der Waals surface area contributed by atoms with Crippen molar-refractivity contribution in [2.24, 2.45) is 0 Å². The number of hydrogen-bond acceptors (Lipinski definition) is 4. The number of sulfonamides is 1. The first-order valence-electron chi connectivity index (χ1n) is 11.8. The van der Waals surface area contributed by atoms with Crippen molar-refractivity contribution in [3.63, 3.8) is 0 Å². The molecule has 0 radical (unpaired) electrons. The number of sulfone groups is 1. The molecule has 1 saturated heterocycles. The van der Waals surface area contributed by atoms with Gasteiger partial charge in [-0.2, -0.15) is 4.31 Å². The quantitative estimate of drug-likeness (QED) is 0.499. The van der Waals surface area contributed by atoms with Crippen molar-refractivity contribution in [3.8, 4) is 0 Å². The summed E-state index contributed by atoms with van der Waals surface area (Å²) < 4.78 is 55.4. The summed E-state index contributed by atoms with van der Waals surface area (Å²) in [4.78, 5) is 0.723. The summed E-state index contributed by atoms with van der Waals surface area (Å²) >= 11 is 0. The molecular formula is C26H37NO4S2. The van der Waals surface area contributed by atoms with Crippen LogP contribution in [-0.4, -0.2) is 39.5 Å². The standard InChI is InChI=1S/C26H37NO4S2/c1-18(2)21-16-24(19(3)4)26(25(17-21)20(5)6)33(30,31)27-14-12-23(13-15-27)32(28,29)22-10-8-7-9-11-22/h7-11,16-20,23H,12-15H2,1-6H3. The fraction of sp³-hybridized carbons (Fsp3) is 0.538. The Labute approximate surface area is 200 Å². The summed E-state index contributed by atoms with van der Waals surface area (Å²) in [5, 5.41) is -0.566. The summed E-state index contributed by atoms with van der Waals surface area (Å²) in [7, 11) is -7.23. The van der Waals surface area contributed by atoms with Crippen LogP contribution in [0.4, 0.5) is 0 Å². The van der Waals surface area contributed by atoms with E-state index in [-0.39, 0.29) is 24.9 Å². The Balaban J connectivity index is 1.96. The molecule has 2 aromatic rings. The van der Waals surface area contributed by atoms with Crippen molar-refractivity contribution in [1.82, 2.24) is 4.31 Å². The highest BCUT2D eigenvalue weighted by Crippen LogP contribution is 2.38. The first kappa shape index (κ1) is 25.9. The predicted molar refractivity (Wildman–Crippen MR) is 134 cm³/mol. The van der Waals surface area contributed by atoms with Crippen LogP contribution in [0.2, 0.25) is 0 Å². The second-order valence-corrected chi connectivity index (χ2v) is 14.1. The lowest BCUT2D eigenvalue weighted by Gasteiger charge is -2.33. The van der Waals surface area contributed by atoms with Gasteiger partial charge in [0, 0.05) is 13.1 Å². The van der Waals surface area contributed by atoms with Gasteiger partial charge in [-0.3, -0.25) is 0 Å². The molecule has 0 unspecified atom stereocenters. The zero-order valence-corrected chi connectivity index (χ0v) is 22.2. The van der Waals surface area contributed by atoms with Gasteiger partial charge in [0.1, 0.15) is 0 Å². The summed E-state index contributed by atoms with van der Waals surface area (Å²) in [5.74, 6) is 0.416. The predicted octanol–water partition coefficient (Wildman–Crippen LogP) is 5.68. The number of benzene rings is 2. The Bertz CT molecular complexity index is 1150. The van der Waals surface area contributed by atoms with Crippen molar-refractivity contribution >= 4 is 19.9 Å². The number of piperidine rings is 1. The van der Waals surface area contributed by atoms with Gasteiger partial charge in [0.2, 0.25) is 10.0 Å². The van der Waals surface area contributed by atoms with Gasteiger partial charge in [-0.15, -0.1) is 0 Å². The van der Waals surface area contributed by atoms with Gasteiger partial charge in [0.15, 0.2) is 9.84 Å². The highest BCUT2D eigenvalue weighted by molar-refractivity contribution is 7.92. The average molecular weight is 492 g/mol. The van der Waals surface area contributed by atoms with E-state index in [0.717, 1.165) is 16.7 Å². The molecule has 0 saturated carbocycles. The fourth-order valence-electron chi connectivity index (χ4n) is 4.50. The van der Waals surface area contributed by atoms with E-state index in [0.29, 0.717) is 28.6 Å². The van der Waals surface area contributed by atoms with E-state index < -0.39 is 25.1 Å². The van der Waals surface area contributed by atoms with Gasteiger partial charge in [-0.25, -0.2) is 16.8 Å². The lowest BCUT2D eigenvalue weighted by Crippen LogP contribution is -2.43. The Morgan fingerprint density at radius 1 is 0.758 bits per heavy atom. The van der Waals surface area contributed by atoms with E-state index in [1.807, 2.05) is 39.8 Å². The van der Waals surface area contributed by atoms with Gasteiger partial charge in [0.25, 0.3) is 0 Å². The highest BCUT2D eigenvalue weighted by atomic mass is 32.2. The molecular weight excluding hydrogens is 454 g/mol. The van der Waals surface area contributed by atoms with Gasteiger partial charge in [0.05, 0.1) is 15.0 Å². The number of hydrogen-bond donors (Lipinski definition) is 0. The normalized spacial score (nSPS) is 16.8. The van der Waals surface area contributed by atoms with Crippen molar-refractivity contribution < 1.29 is 16.8 Å². The van der Waals surface area contributed by atoms with Crippen molar-refractivity contribution in [2.45, 2.75) is 87.2 Å². The molecule has 0 amide bonds. The maximum absolute atomic E-state index is 13.9. The van der Waals surface area contributed by atoms with Crippen LogP contribution in [0.1, 0.15) is 88.8 Å². The molecule has 3 rings (SSSR count). The molecule has 2 aromatic carbocycles. The molecule has 0 spiro atoms. The van der Waals surface area contributed by atoms with E-state index >= 15 is 0 Å². The van der Waals surface area contributed by atoms with Crippen LogP contribution in [0.15, 0.2) is 52.3 Å². The summed E-state index contributed by atoms with van der Waals surface area (Å²) in [5.41, 5.74) is 2.85. The van der Waals surface area contributed by atoms with Gasteiger partial charge >= 0.3 is 0 Å². The van der Waals surface area contributed by atoms with Crippen LogP contribution in [0.3, 0.4) is 0 Å². The monoisotopic (exact) mass is 491 g/mol. The third-order valence-electron chi connectivity index (χ3n) is 6.59. The van der Waals surface area contributed by atoms with E-state index in [1.165, 1.54) is 4.31 Å². The maximum Gasteiger partial charge on any atom is 0.243 e. The molecule has 1 heterocycles. The molecule has 5 nitrogen and oxygen atoms in total. The van der Waals surface area contributed by atoms with Crippen LogP contribution in [-0.2, 0) is 19.9 Å².